The number of tetrazole rings is 1. The Labute approximate surface area is 200 Å². The van der Waals surface area contributed by atoms with Crippen LogP contribution in [0.25, 0.3) is 5.69 Å². The molecule has 0 spiro atoms. The Kier molecular flexibility index (Phi) is 12.6. The van der Waals surface area contributed by atoms with E-state index >= 15 is 0 Å². The molecular weight excluding hydrogens is 455 g/mol. The second-order valence-electron chi connectivity index (χ2n) is 6.75. The molecule has 1 atom stereocenters. The fraction of sp³-hybridized carbons (Fsp3) is 0.381. The molecule has 3 rings (SSSR count). The van der Waals surface area contributed by atoms with Crippen molar-refractivity contribution in [3.8, 4) is 23.2 Å². The molecule has 2 aromatic carbocycles. The van der Waals surface area contributed by atoms with Gasteiger partial charge in [-0.05, 0) is 54.1 Å². The number of ether oxygens (including phenoxy) is 2. The monoisotopic (exact) mass is 484 g/mol. The standard InChI is InChI=1S/C21H28N6O3.2ClH/c1-3-29-20-13-17(15-23-12-11-22-14-16(2)28)9-10-19(20)30-21-24-25-26-27(21)18-7-5-4-6-8-18;;/h4-10,13,16,22-23,28H,3,11-12,14-15H2,1-2H3;2*1H. The smallest absolute Gasteiger partial charge is 0.346 e. The first kappa shape index (κ1) is 27.6. The summed E-state index contributed by atoms with van der Waals surface area (Å²) in [5.41, 5.74) is 1.88. The number of hydrogen-bond donors (Lipinski definition) is 3. The van der Waals surface area contributed by atoms with E-state index in [2.05, 4.69) is 26.2 Å². The minimum Gasteiger partial charge on any atom is -0.490 e. The molecule has 176 valence electrons. The summed E-state index contributed by atoms with van der Waals surface area (Å²) in [5.74, 6) is 1.18. The summed E-state index contributed by atoms with van der Waals surface area (Å²) >= 11 is 0. The van der Waals surface area contributed by atoms with Crippen molar-refractivity contribution in [2.24, 2.45) is 0 Å². The van der Waals surface area contributed by atoms with Crippen LogP contribution in [-0.2, 0) is 6.54 Å². The molecule has 3 aromatic rings. The Balaban J connectivity index is 0.00000256. The number of hydrogen-bond acceptors (Lipinski definition) is 8. The topological polar surface area (TPSA) is 106 Å². The zero-order chi connectivity index (χ0) is 21.2. The average molecular weight is 485 g/mol. The second kappa shape index (κ2) is 14.6. The van der Waals surface area contributed by atoms with Crippen molar-refractivity contribution in [1.29, 1.82) is 0 Å². The number of nitrogens with one attached hydrogen (secondary N) is 2. The van der Waals surface area contributed by atoms with Gasteiger partial charge in [0.15, 0.2) is 11.5 Å². The second-order valence-corrected chi connectivity index (χ2v) is 6.75. The number of nitrogens with zero attached hydrogens (tertiary/aromatic N) is 4. The summed E-state index contributed by atoms with van der Waals surface area (Å²) in [6.07, 6.45) is -0.339. The molecule has 1 unspecified atom stereocenters. The zero-order valence-corrected chi connectivity index (χ0v) is 19.7. The minimum absolute atomic E-state index is 0. The van der Waals surface area contributed by atoms with Gasteiger partial charge in [-0.2, -0.15) is 4.68 Å². The van der Waals surface area contributed by atoms with Gasteiger partial charge < -0.3 is 25.2 Å². The lowest BCUT2D eigenvalue weighted by molar-refractivity contribution is 0.191. The number of para-hydroxylation sites is 1. The lowest BCUT2D eigenvalue weighted by atomic mass is 10.2. The Bertz CT molecular complexity index is 912. The van der Waals surface area contributed by atoms with E-state index < -0.39 is 0 Å². The first-order valence-electron chi connectivity index (χ1n) is 10.0. The number of halogens is 2. The predicted molar refractivity (Wildman–Crippen MR) is 128 cm³/mol. The number of aromatic nitrogens is 4. The van der Waals surface area contributed by atoms with Gasteiger partial charge in [-0.3, -0.25) is 0 Å². The fourth-order valence-corrected chi connectivity index (χ4v) is 2.81. The van der Waals surface area contributed by atoms with Crippen molar-refractivity contribution >= 4 is 24.8 Å². The molecule has 9 nitrogen and oxygen atoms in total. The molecule has 1 aromatic heterocycles. The van der Waals surface area contributed by atoms with Crippen molar-refractivity contribution < 1.29 is 14.6 Å². The van der Waals surface area contributed by atoms with Gasteiger partial charge in [0, 0.05) is 26.2 Å². The van der Waals surface area contributed by atoms with Gasteiger partial charge in [0.2, 0.25) is 0 Å². The van der Waals surface area contributed by atoms with E-state index in [1.165, 1.54) is 4.68 Å². The van der Waals surface area contributed by atoms with Gasteiger partial charge in [0.25, 0.3) is 0 Å². The maximum atomic E-state index is 9.25. The summed E-state index contributed by atoms with van der Waals surface area (Å²) in [5, 5.41) is 27.5. The van der Waals surface area contributed by atoms with Gasteiger partial charge in [0.05, 0.1) is 18.4 Å². The highest BCUT2D eigenvalue weighted by Crippen LogP contribution is 2.32. The summed E-state index contributed by atoms with van der Waals surface area (Å²) in [6, 6.07) is 15.6. The maximum Gasteiger partial charge on any atom is 0.346 e. The molecule has 32 heavy (non-hydrogen) atoms. The van der Waals surface area contributed by atoms with Crippen molar-refractivity contribution in [2.45, 2.75) is 26.5 Å². The maximum absolute atomic E-state index is 9.25. The molecule has 0 bridgehead atoms. The fourth-order valence-electron chi connectivity index (χ4n) is 2.81. The Hall–Kier alpha value is -2.43. The van der Waals surface area contributed by atoms with Gasteiger partial charge in [-0.25, -0.2) is 0 Å². The van der Waals surface area contributed by atoms with Crippen LogP contribution in [0.2, 0.25) is 0 Å². The molecule has 3 N–H and O–H groups in total. The molecule has 0 aliphatic carbocycles. The van der Waals surface area contributed by atoms with E-state index in [0.29, 0.717) is 31.2 Å². The van der Waals surface area contributed by atoms with E-state index in [4.69, 9.17) is 9.47 Å². The van der Waals surface area contributed by atoms with Crippen LogP contribution in [0, 0.1) is 0 Å². The average Bonchev–Trinajstić information content (AvgIpc) is 3.21. The SMILES string of the molecule is CCOc1cc(CNCCNCC(C)O)ccc1Oc1nnnn1-c1ccccc1.Cl.Cl. The largest absolute Gasteiger partial charge is 0.490 e. The molecule has 11 heteroatoms. The lowest BCUT2D eigenvalue weighted by Gasteiger charge is -2.13. The highest BCUT2D eigenvalue weighted by molar-refractivity contribution is 5.85. The molecule has 0 amide bonds. The van der Waals surface area contributed by atoms with E-state index in [9.17, 15) is 5.11 Å². The van der Waals surface area contributed by atoms with E-state index in [-0.39, 0.29) is 36.9 Å². The third-order valence-electron chi connectivity index (χ3n) is 4.20. The lowest BCUT2D eigenvalue weighted by Crippen LogP contribution is -2.31. The van der Waals surface area contributed by atoms with Gasteiger partial charge >= 0.3 is 6.01 Å². The predicted octanol–water partition coefficient (Wildman–Crippen LogP) is 2.76. The van der Waals surface area contributed by atoms with Crippen LogP contribution in [0.5, 0.6) is 17.5 Å². The normalized spacial score (nSPS) is 11.2. The quantitative estimate of drug-likeness (QED) is 0.337. The third-order valence-corrected chi connectivity index (χ3v) is 4.20. The van der Waals surface area contributed by atoms with Crippen molar-refractivity contribution in [3.05, 3.63) is 54.1 Å². The summed E-state index contributed by atoms with van der Waals surface area (Å²) in [6.45, 7) is 7.06. The van der Waals surface area contributed by atoms with Crippen LogP contribution in [0.1, 0.15) is 19.4 Å². The first-order chi connectivity index (χ1) is 14.7. The Morgan fingerprint density at radius 3 is 2.50 bits per heavy atom. The highest BCUT2D eigenvalue weighted by Gasteiger charge is 2.14. The van der Waals surface area contributed by atoms with Crippen molar-refractivity contribution in [3.63, 3.8) is 0 Å². The molecule has 0 aliphatic rings. The number of aliphatic hydroxyl groups is 1. The van der Waals surface area contributed by atoms with Crippen molar-refractivity contribution in [1.82, 2.24) is 30.8 Å². The first-order valence-corrected chi connectivity index (χ1v) is 10.0. The van der Waals surface area contributed by atoms with Crippen LogP contribution in [0.3, 0.4) is 0 Å². The Morgan fingerprint density at radius 2 is 1.78 bits per heavy atom. The molecule has 0 saturated heterocycles. The van der Waals surface area contributed by atoms with E-state index in [1.54, 1.807) is 6.92 Å². The van der Waals surface area contributed by atoms with Gasteiger partial charge in [-0.1, -0.05) is 29.4 Å². The number of rotatable bonds is 12. The van der Waals surface area contributed by atoms with Crippen LogP contribution >= 0.6 is 24.8 Å². The van der Waals surface area contributed by atoms with Crippen LogP contribution in [-0.4, -0.2) is 57.7 Å². The van der Waals surface area contributed by atoms with E-state index in [1.807, 2.05) is 55.5 Å². The molecule has 0 aliphatic heterocycles. The molecular formula is C21H30Cl2N6O3. The van der Waals surface area contributed by atoms with Gasteiger partial charge in [0.1, 0.15) is 0 Å². The Morgan fingerprint density at radius 1 is 1.03 bits per heavy atom. The van der Waals surface area contributed by atoms with Crippen LogP contribution < -0.4 is 20.1 Å². The number of benzene rings is 2. The summed E-state index contributed by atoms with van der Waals surface area (Å²) < 4.78 is 13.3. The van der Waals surface area contributed by atoms with Crippen molar-refractivity contribution in [2.75, 3.05) is 26.2 Å². The summed E-state index contributed by atoms with van der Waals surface area (Å²) in [7, 11) is 0. The number of aliphatic hydroxyl groups excluding tert-OH is 1. The summed E-state index contributed by atoms with van der Waals surface area (Å²) in [4.78, 5) is 0. The third kappa shape index (κ3) is 8.25. The molecule has 0 fully saturated rings. The molecule has 0 saturated carbocycles. The molecule has 0 radical (unpaired) electrons. The zero-order valence-electron chi connectivity index (χ0n) is 18.1. The van der Waals surface area contributed by atoms with E-state index in [0.717, 1.165) is 24.3 Å². The minimum atomic E-state index is -0.339. The van der Waals surface area contributed by atoms with Crippen LogP contribution in [0.4, 0.5) is 0 Å². The molecule has 1 heterocycles. The van der Waals surface area contributed by atoms with Gasteiger partial charge in [-0.15, -0.1) is 24.8 Å². The highest BCUT2D eigenvalue weighted by atomic mass is 35.5. The van der Waals surface area contributed by atoms with Crippen LogP contribution in [0.15, 0.2) is 48.5 Å².